The average molecular weight is 297 g/mol. The second-order valence-electron chi connectivity index (χ2n) is 5.45. The van der Waals surface area contributed by atoms with Crippen LogP contribution in [0.25, 0.3) is 0 Å². The minimum atomic E-state index is -0.561. The number of halogens is 1. The Morgan fingerprint density at radius 2 is 2.00 bits per heavy atom. The predicted octanol–water partition coefficient (Wildman–Crippen LogP) is 2.68. The highest BCUT2D eigenvalue weighted by Gasteiger charge is 2.29. The van der Waals surface area contributed by atoms with Gasteiger partial charge in [0, 0.05) is 25.4 Å². The summed E-state index contributed by atoms with van der Waals surface area (Å²) in [6.07, 6.45) is 7.21. The van der Waals surface area contributed by atoms with E-state index in [1.54, 1.807) is 31.1 Å². The molecular weight excluding hydrogens is 276 g/mol. The van der Waals surface area contributed by atoms with E-state index in [0.29, 0.717) is 0 Å². The predicted molar refractivity (Wildman–Crippen MR) is 81.4 cm³/mol. The highest BCUT2D eigenvalue weighted by molar-refractivity contribution is 6.32. The maximum absolute atomic E-state index is 12.4. The Morgan fingerprint density at radius 3 is 2.55 bits per heavy atom. The van der Waals surface area contributed by atoms with Gasteiger partial charge in [-0.15, -0.1) is 11.6 Å². The number of hydrogen-bond acceptors (Lipinski definition) is 2. The third kappa shape index (κ3) is 3.23. The molecule has 2 rings (SSSR count). The lowest BCUT2D eigenvalue weighted by Crippen LogP contribution is -2.45. The van der Waals surface area contributed by atoms with E-state index in [0.717, 1.165) is 31.4 Å². The summed E-state index contributed by atoms with van der Waals surface area (Å²) < 4.78 is 1.50. The third-order valence-electron chi connectivity index (χ3n) is 3.87. The van der Waals surface area contributed by atoms with E-state index in [-0.39, 0.29) is 17.5 Å². The lowest BCUT2D eigenvalue weighted by Gasteiger charge is -2.35. The van der Waals surface area contributed by atoms with E-state index >= 15 is 0 Å². The molecule has 0 aliphatic heterocycles. The third-order valence-corrected chi connectivity index (χ3v) is 4.05. The van der Waals surface area contributed by atoms with E-state index in [1.807, 2.05) is 0 Å². The molecule has 1 saturated carbocycles. The second kappa shape index (κ2) is 6.44. The summed E-state index contributed by atoms with van der Waals surface area (Å²) in [5, 5.41) is -0.561. The van der Waals surface area contributed by atoms with Crippen molar-refractivity contribution in [1.29, 1.82) is 0 Å². The van der Waals surface area contributed by atoms with E-state index < -0.39 is 5.38 Å². The van der Waals surface area contributed by atoms with Crippen molar-refractivity contribution in [2.75, 3.05) is 4.90 Å². The lowest BCUT2D eigenvalue weighted by atomic mass is 9.93. The Morgan fingerprint density at radius 1 is 1.35 bits per heavy atom. The summed E-state index contributed by atoms with van der Waals surface area (Å²) in [7, 11) is 1.69. The first-order valence-corrected chi connectivity index (χ1v) is 7.58. The number of carbonyl (C=O) groups excluding carboxylic acids is 1. The number of pyridine rings is 1. The van der Waals surface area contributed by atoms with Gasteiger partial charge in [-0.1, -0.05) is 19.3 Å². The Kier molecular flexibility index (Phi) is 4.86. The largest absolute Gasteiger partial charge is 0.317 e. The van der Waals surface area contributed by atoms with Gasteiger partial charge in [0.15, 0.2) is 0 Å². The zero-order chi connectivity index (χ0) is 14.7. The van der Waals surface area contributed by atoms with Crippen LogP contribution in [0.3, 0.4) is 0 Å². The maximum atomic E-state index is 12.4. The van der Waals surface area contributed by atoms with Crippen molar-refractivity contribution >= 4 is 23.2 Å². The highest BCUT2D eigenvalue weighted by atomic mass is 35.5. The van der Waals surface area contributed by atoms with Crippen molar-refractivity contribution in [3.63, 3.8) is 0 Å². The minimum Gasteiger partial charge on any atom is -0.317 e. The molecule has 5 heteroatoms. The van der Waals surface area contributed by atoms with Crippen molar-refractivity contribution in [2.45, 2.75) is 50.4 Å². The average Bonchev–Trinajstić information content (AvgIpc) is 2.44. The van der Waals surface area contributed by atoms with Gasteiger partial charge in [-0.3, -0.25) is 9.59 Å². The van der Waals surface area contributed by atoms with Crippen LogP contribution >= 0.6 is 11.6 Å². The standard InChI is InChI=1S/C15H21ClN2O2/c1-11(16)15(20)18(12-6-4-3-5-7-12)13-8-9-14(19)17(2)10-13/h8-12H,3-7H2,1-2H3. The number of aryl methyl sites for hydroxylation is 1. The molecule has 0 aromatic carbocycles. The van der Waals surface area contributed by atoms with E-state index in [2.05, 4.69) is 0 Å². The molecule has 1 aliphatic rings. The molecule has 1 fully saturated rings. The number of nitrogens with zero attached hydrogens (tertiary/aromatic N) is 2. The fourth-order valence-corrected chi connectivity index (χ4v) is 2.88. The van der Waals surface area contributed by atoms with Gasteiger partial charge in [-0.05, 0) is 25.8 Å². The van der Waals surface area contributed by atoms with Crippen molar-refractivity contribution < 1.29 is 4.79 Å². The molecule has 1 aromatic rings. The summed E-state index contributed by atoms with van der Waals surface area (Å²) in [4.78, 5) is 25.7. The Hall–Kier alpha value is -1.29. The molecule has 1 amide bonds. The zero-order valence-electron chi connectivity index (χ0n) is 12.0. The van der Waals surface area contributed by atoms with Gasteiger partial charge in [0.05, 0.1) is 5.69 Å². The number of anilines is 1. The van der Waals surface area contributed by atoms with Crippen LogP contribution in [0.1, 0.15) is 39.0 Å². The number of hydrogen-bond donors (Lipinski definition) is 0. The van der Waals surface area contributed by atoms with Crippen molar-refractivity contribution in [3.05, 3.63) is 28.7 Å². The topological polar surface area (TPSA) is 42.3 Å². The second-order valence-corrected chi connectivity index (χ2v) is 6.11. The summed E-state index contributed by atoms with van der Waals surface area (Å²) in [6, 6.07) is 3.40. The van der Waals surface area contributed by atoms with Crippen LogP contribution in [-0.4, -0.2) is 21.9 Å². The van der Waals surface area contributed by atoms with Crippen LogP contribution in [0.4, 0.5) is 5.69 Å². The van der Waals surface area contributed by atoms with Crippen molar-refractivity contribution in [3.8, 4) is 0 Å². The normalized spacial score (nSPS) is 17.8. The molecule has 1 atom stereocenters. The summed E-state index contributed by atoms with van der Waals surface area (Å²) in [5.41, 5.74) is 0.681. The van der Waals surface area contributed by atoms with Gasteiger partial charge in [0.1, 0.15) is 5.38 Å². The van der Waals surface area contributed by atoms with E-state index in [4.69, 9.17) is 11.6 Å². The SMILES string of the molecule is CC(Cl)C(=O)N(c1ccc(=O)n(C)c1)C1CCCCC1. The summed E-state index contributed by atoms with van der Waals surface area (Å²) >= 11 is 6.00. The molecule has 1 heterocycles. The molecule has 1 unspecified atom stereocenters. The molecule has 0 saturated heterocycles. The first-order valence-electron chi connectivity index (χ1n) is 7.14. The smallest absolute Gasteiger partial charge is 0.250 e. The van der Waals surface area contributed by atoms with Gasteiger partial charge in [0.2, 0.25) is 11.5 Å². The first kappa shape index (κ1) is 15.1. The van der Waals surface area contributed by atoms with Gasteiger partial charge in [-0.25, -0.2) is 0 Å². The van der Waals surface area contributed by atoms with Crippen LogP contribution in [0.5, 0.6) is 0 Å². The molecule has 1 aromatic heterocycles. The van der Waals surface area contributed by atoms with Gasteiger partial charge < -0.3 is 9.47 Å². The molecule has 20 heavy (non-hydrogen) atoms. The first-order chi connectivity index (χ1) is 9.50. The Bertz CT molecular complexity index is 533. The lowest BCUT2D eigenvalue weighted by molar-refractivity contribution is -0.118. The number of aromatic nitrogens is 1. The highest BCUT2D eigenvalue weighted by Crippen LogP contribution is 2.28. The quantitative estimate of drug-likeness (QED) is 0.805. The maximum Gasteiger partial charge on any atom is 0.250 e. The summed E-state index contributed by atoms with van der Waals surface area (Å²) in [5.74, 6) is -0.0859. The molecule has 4 nitrogen and oxygen atoms in total. The molecule has 0 bridgehead atoms. The number of alkyl halides is 1. The van der Waals surface area contributed by atoms with Crippen LogP contribution in [0.2, 0.25) is 0 Å². The van der Waals surface area contributed by atoms with Crippen molar-refractivity contribution in [1.82, 2.24) is 4.57 Å². The van der Waals surface area contributed by atoms with Crippen LogP contribution in [0.15, 0.2) is 23.1 Å². The molecule has 0 spiro atoms. The molecule has 0 radical (unpaired) electrons. The Labute approximate surface area is 124 Å². The van der Waals surface area contributed by atoms with Gasteiger partial charge in [-0.2, -0.15) is 0 Å². The Balaban J connectivity index is 2.36. The van der Waals surface area contributed by atoms with Crippen LogP contribution < -0.4 is 10.5 Å². The fourth-order valence-electron chi connectivity index (χ4n) is 2.77. The van der Waals surface area contributed by atoms with Crippen molar-refractivity contribution in [2.24, 2.45) is 7.05 Å². The van der Waals surface area contributed by atoms with Crippen LogP contribution in [-0.2, 0) is 11.8 Å². The molecule has 1 aliphatic carbocycles. The summed E-state index contributed by atoms with van der Waals surface area (Å²) in [6.45, 7) is 1.70. The number of carbonyl (C=O) groups is 1. The van der Waals surface area contributed by atoms with Crippen LogP contribution in [0, 0.1) is 0 Å². The number of rotatable bonds is 3. The van der Waals surface area contributed by atoms with E-state index in [9.17, 15) is 9.59 Å². The molecule has 0 N–H and O–H groups in total. The fraction of sp³-hybridized carbons (Fsp3) is 0.600. The van der Waals surface area contributed by atoms with E-state index in [1.165, 1.54) is 17.1 Å². The molecule has 110 valence electrons. The number of amides is 1. The van der Waals surface area contributed by atoms with Gasteiger partial charge in [0.25, 0.3) is 0 Å². The monoisotopic (exact) mass is 296 g/mol. The zero-order valence-corrected chi connectivity index (χ0v) is 12.8. The molecular formula is C15H21ClN2O2. The minimum absolute atomic E-state index is 0.0799. The van der Waals surface area contributed by atoms with Gasteiger partial charge >= 0.3 is 0 Å².